The lowest BCUT2D eigenvalue weighted by atomic mass is 9.95. The Bertz CT molecular complexity index is 436. The molecule has 0 saturated carbocycles. The molecule has 1 aromatic rings. The van der Waals surface area contributed by atoms with Crippen LogP contribution in [0.4, 0.5) is 0 Å². The van der Waals surface area contributed by atoms with Gasteiger partial charge in [0.15, 0.2) is 5.92 Å². The van der Waals surface area contributed by atoms with E-state index in [0.29, 0.717) is 6.42 Å². The fourth-order valence-electron chi connectivity index (χ4n) is 1.62. The summed E-state index contributed by atoms with van der Waals surface area (Å²) in [5.41, 5.74) is 6.05. The van der Waals surface area contributed by atoms with Crippen molar-refractivity contribution in [1.29, 1.82) is 0 Å². The molecule has 0 aliphatic heterocycles. The molecule has 0 spiro atoms. The zero-order valence-electron chi connectivity index (χ0n) is 11.3. The molecular formula is C13H19NO4S. The van der Waals surface area contributed by atoms with Crippen LogP contribution in [0, 0.1) is 5.92 Å². The van der Waals surface area contributed by atoms with Crippen LogP contribution in [0.5, 0.6) is 0 Å². The second kappa shape index (κ2) is 6.16. The standard InChI is InChI=1S/C13H19NO4S/c1-13(2,3)18-12(17)10(11(15)16)9(14)6-8-4-5-19-7-8/h4-5,7,9-10H,6,14H2,1-3H3,(H,15,16)/t9?,10-/m1/s1. The monoisotopic (exact) mass is 285 g/mol. The molecule has 6 heteroatoms. The van der Waals surface area contributed by atoms with Crippen LogP contribution in [-0.2, 0) is 20.7 Å². The molecule has 19 heavy (non-hydrogen) atoms. The highest BCUT2D eigenvalue weighted by atomic mass is 32.1. The fraction of sp³-hybridized carbons (Fsp3) is 0.538. The zero-order chi connectivity index (χ0) is 14.6. The summed E-state index contributed by atoms with van der Waals surface area (Å²) in [6.07, 6.45) is 0.333. The third kappa shape index (κ3) is 5.00. The van der Waals surface area contributed by atoms with E-state index in [2.05, 4.69) is 0 Å². The van der Waals surface area contributed by atoms with Gasteiger partial charge in [0.05, 0.1) is 0 Å². The van der Waals surface area contributed by atoms with Gasteiger partial charge in [-0.25, -0.2) is 0 Å². The second-order valence-electron chi connectivity index (χ2n) is 5.35. The van der Waals surface area contributed by atoms with Crippen molar-refractivity contribution in [2.24, 2.45) is 11.7 Å². The first-order valence-corrected chi connectivity index (χ1v) is 6.87. The number of ether oxygens (including phenoxy) is 1. The number of carboxylic acid groups (broad SMARTS) is 1. The first-order valence-electron chi connectivity index (χ1n) is 5.93. The van der Waals surface area contributed by atoms with Crippen LogP contribution in [0.3, 0.4) is 0 Å². The summed E-state index contributed by atoms with van der Waals surface area (Å²) in [6.45, 7) is 5.07. The summed E-state index contributed by atoms with van der Waals surface area (Å²) >= 11 is 1.50. The van der Waals surface area contributed by atoms with E-state index in [1.54, 1.807) is 20.8 Å². The molecule has 1 rings (SSSR count). The van der Waals surface area contributed by atoms with Crippen LogP contribution < -0.4 is 5.73 Å². The van der Waals surface area contributed by atoms with Gasteiger partial charge in [-0.05, 0) is 49.6 Å². The summed E-state index contributed by atoms with van der Waals surface area (Å²) in [5, 5.41) is 12.9. The SMILES string of the molecule is CC(C)(C)OC(=O)[C@@H](C(=O)O)C(N)Cc1ccsc1. The number of thiophene rings is 1. The molecule has 1 unspecified atom stereocenters. The van der Waals surface area contributed by atoms with Crippen LogP contribution in [0.2, 0.25) is 0 Å². The number of carbonyl (C=O) groups is 2. The first-order chi connectivity index (χ1) is 8.70. The molecular weight excluding hydrogens is 266 g/mol. The van der Waals surface area contributed by atoms with Gasteiger partial charge in [-0.1, -0.05) is 0 Å². The average molecular weight is 285 g/mol. The van der Waals surface area contributed by atoms with Crippen molar-refractivity contribution >= 4 is 23.3 Å². The summed E-state index contributed by atoms with van der Waals surface area (Å²) in [7, 11) is 0. The number of nitrogens with two attached hydrogens (primary N) is 1. The number of esters is 1. The molecule has 0 aliphatic rings. The average Bonchev–Trinajstić information content (AvgIpc) is 2.66. The lowest BCUT2D eigenvalue weighted by Gasteiger charge is -2.24. The summed E-state index contributed by atoms with van der Waals surface area (Å²) in [5.74, 6) is -3.39. The van der Waals surface area contributed by atoms with E-state index in [-0.39, 0.29) is 0 Å². The Labute approximate surface area is 116 Å². The van der Waals surface area contributed by atoms with Gasteiger partial charge in [0.1, 0.15) is 5.60 Å². The molecule has 0 amide bonds. The molecule has 0 bridgehead atoms. The number of hydrogen-bond donors (Lipinski definition) is 2. The molecule has 0 aliphatic carbocycles. The predicted octanol–water partition coefficient (Wildman–Crippen LogP) is 1.66. The highest BCUT2D eigenvalue weighted by molar-refractivity contribution is 7.07. The molecule has 0 fully saturated rings. The quantitative estimate of drug-likeness (QED) is 0.634. The minimum Gasteiger partial charge on any atom is -0.481 e. The molecule has 0 saturated heterocycles. The molecule has 0 aromatic carbocycles. The van der Waals surface area contributed by atoms with Gasteiger partial charge in [0.25, 0.3) is 0 Å². The van der Waals surface area contributed by atoms with Crippen LogP contribution in [0.15, 0.2) is 16.8 Å². The van der Waals surface area contributed by atoms with Gasteiger partial charge in [0.2, 0.25) is 0 Å². The van der Waals surface area contributed by atoms with E-state index in [4.69, 9.17) is 15.6 Å². The van der Waals surface area contributed by atoms with Gasteiger partial charge in [-0.3, -0.25) is 9.59 Å². The van der Waals surface area contributed by atoms with Crippen LogP contribution >= 0.6 is 11.3 Å². The topological polar surface area (TPSA) is 89.6 Å². The number of hydrogen-bond acceptors (Lipinski definition) is 5. The minimum absolute atomic E-state index is 0.333. The molecule has 0 radical (unpaired) electrons. The molecule has 106 valence electrons. The van der Waals surface area contributed by atoms with Gasteiger partial charge in [0, 0.05) is 6.04 Å². The highest BCUT2D eigenvalue weighted by Crippen LogP contribution is 2.17. The largest absolute Gasteiger partial charge is 0.481 e. The van der Waals surface area contributed by atoms with Gasteiger partial charge in [-0.15, -0.1) is 0 Å². The molecule has 3 N–H and O–H groups in total. The minimum atomic E-state index is -1.35. The molecule has 1 heterocycles. The molecule has 1 aromatic heterocycles. The second-order valence-corrected chi connectivity index (χ2v) is 6.13. The normalized spacial score (nSPS) is 14.7. The van der Waals surface area contributed by atoms with Crippen molar-refractivity contribution < 1.29 is 19.4 Å². The van der Waals surface area contributed by atoms with Crippen LogP contribution in [0.1, 0.15) is 26.3 Å². The zero-order valence-corrected chi connectivity index (χ0v) is 12.1. The Morgan fingerprint density at radius 1 is 1.47 bits per heavy atom. The Morgan fingerprint density at radius 2 is 2.11 bits per heavy atom. The third-order valence-corrected chi connectivity index (χ3v) is 3.14. The number of carboxylic acids is 1. The van der Waals surface area contributed by atoms with Gasteiger partial charge >= 0.3 is 11.9 Å². The third-order valence-electron chi connectivity index (χ3n) is 2.41. The summed E-state index contributed by atoms with van der Waals surface area (Å²) < 4.78 is 5.10. The Morgan fingerprint density at radius 3 is 2.53 bits per heavy atom. The van der Waals surface area contributed by atoms with Crippen molar-refractivity contribution in [3.8, 4) is 0 Å². The Hall–Kier alpha value is -1.40. The van der Waals surface area contributed by atoms with E-state index >= 15 is 0 Å². The van der Waals surface area contributed by atoms with E-state index in [1.165, 1.54) is 11.3 Å². The van der Waals surface area contributed by atoms with Crippen molar-refractivity contribution in [2.45, 2.75) is 38.8 Å². The molecule has 5 nitrogen and oxygen atoms in total. The summed E-state index contributed by atoms with van der Waals surface area (Å²) in [4.78, 5) is 23.1. The van der Waals surface area contributed by atoms with Crippen LogP contribution in [-0.4, -0.2) is 28.7 Å². The van der Waals surface area contributed by atoms with E-state index in [1.807, 2.05) is 16.8 Å². The highest BCUT2D eigenvalue weighted by Gasteiger charge is 2.36. The van der Waals surface area contributed by atoms with Crippen LogP contribution in [0.25, 0.3) is 0 Å². The number of rotatable bonds is 5. The maximum absolute atomic E-state index is 11.9. The Balaban J connectivity index is 2.76. The molecule has 2 atom stereocenters. The van der Waals surface area contributed by atoms with Crippen molar-refractivity contribution in [3.63, 3.8) is 0 Å². The lowest BCUT2D eigenvalue weighted by molar-refractivity contribution is -0.167. The van der Waals surface area contributed by atoms with E-state index in [0.717, 1.165) is 5.56 Å². The smallest absolute Gasteiger partial charge is 0.322 e. The fourth-order valence-corrected chi connectivity index (χ4v) is 2.30. The van der Waals surface area contributed by atoms with Gasteiger partial charge < -0.3 is 15.6 Å². The van der Waals surface area contributed by atoms with Gasteiger partial charge in [-0.2, -0.15) is 11.3 Å². The van der Waals surface area contributed by atoms with E-state index in [9.17, 15) is 9.59 Å². The number of carbonyl (C=O) groups excluding carboxylic acids is 1. The maximum atomic E-state index is 11.9. The lowest BCUT2D eigenvalue weighted by Crippen LogP contribution is -2.45. The maximum Gasteiger partial charge on any atom is 0.322 e. The van der Waals surface area contributed by atoms with Crippen molar-refractivity contribution in [1.82, 2.24) is 0 Å². The van der Waals surface area contributed by atoms with Crippen molar-refractivity contribution in [2.75, 3.05) is 0 Å². The van der Waals surface area contributed by atoms with Crippen molar-refractivity contribution in [3.05, 3.63) is 22.4 Å². The first kappa shape index (κ1) is 15.7. The Kier molecular flexibility index (Phi) is 5.08. The summed E-state index contributed by atoms with van der Waals surface area (Å²) in [6, 6.07) is 1.06. The predicted molar refractivity (Wildman–Crippen MR) is 73.0 cm³/mol. The number of aliphatic carboxylic acids is 1. The van der Waals surface area contributed by atoms with E-state index < -0.39 is 29.5 Å².